The third-order valence-corrected chi connectivity index (χ3v) is 8.78. The van der Waals surface area contributed by atoms with Crippen LogP contribution < -0.4 is 24.4 Å². The monoisotopic (exact) mass is 724 g/mol. The maximum absolute atomic E-state index is 13.6. The number of hydrogen-bond donors (Lipinski definition) is 1. The molecule has 1 aliphatic heterocycles. The number of rotatable bonds is 10. The van der Waals surface area contributed by atoms with Crippen molar-refractivity contribution in [2.75, 3.05) is 11.5 Å². The highest BCUT2D eigenvalue weighted by Gasteiger charge is 2.37. The summed E-state index contributed by atoms with van der Waals surface area (Å²) in [7, 11) is 0. The quantitative estimate of drug-likeness (QED) is 0.114. The molecule has 5 aromatic carbocycles. The van der Waals surface area contributed by atoms with Gasteiger partial charge in [-0.05, 0) is 100 Å². The third kappa shape index (κ3) is 6.93. The molecule has 1 N–H and O–H groups in total. The Kier molecular flexibility index (Phi) is 9.80. The van der Waals surface area contributed by atoms with Crippen LogP contribution in [0.25, 0.3) is 16.8 Å². The van der Waals surface area contributed by atoms with Crippen LogP contribution in [0, 0.1) is 6.92 Å². The number of aryl methyl sites for hydroxylation is 1. The maximum atomic E-state index is 13.6. The Labute approximate surface area is 291 Å². The molecule has 1 fully saturated rings. The Morgan fingerprint density at radius 2 is 1.60 bits per heavy atom. The molecule has 0 saturated carbocycles. The van der Waals surface area contributed by atoms with E-state index in [2.05, 4.69) is 45.5 Å². The Hall–Kier alpha value is -5.12. The van der Waals surface area contributed by atoms with Gasteiger partial charge in [-0.15, -0.1) is 0 Å². The first-order valence-corrected chi connectivity index (χ1v) is 16.3. The van der Waals surface area contributed by atoms with Crippen LogP contribution in [0.4, 0.5) is 10.5 Å². The highest BCUT2D eigenvalue weighted by atomic mass is 79.9. The van der Waals surface area contributed by atoms with Crippen molar-refractivity contribution in [3.05, 3.63) is 134 Å². The van der Waals surface area contributed by atoms with Crippen molar-refractivity contribution in [2.24, 2.45) is 0 Å². The molecule has 0 aliphatic carbocycles. The molecule has 0 aromatic heterocycles. The van der Waals surface area contributed by atoms with Crippen LogP contribution in [-0.4, -0.2) is 24.5 Å². The molecule has 0 unspecified atom stereocenters. The molecule has 0 atom stereocenters. The number of anilines is 1. The van der Waals surface area contributed by atoms with Gasteiger partial charge in [-0.25, -0.2) is 9.69 Å². The Morgan fingerprint density at radius 3 is 2.38 bits per heavy atom. The van der Waals surface area contributed by atoms with Crippen LogP contribution in [0.1, 0.15) is 29.2 Å². The van der Waals surface area contributed by atoms with E-state index >= 15 is 0 Å². The highest BCUT2D eigenvalue weighted by Crippen LogP contribution is 2.39. The van der Waals surface area contributed by atoms with E-state index in [-0.39, 0.29) is 17.9 Å². The maximum Gasteiger partial charge on any atom is 0.335 e. The number of halogens is 2. The molecule has 8 nitrogen and oxygen atoms in total. The average molecular weight is 726 g/mol. The normalized spacial score (nSPS) is 14.0. The van der Waals surface area contributed by atoms with Crippen molar-refractivity contribution in [3.8, 4) is 17.2 Å². The summed E-state index contributed by atoms with van der Waals surface area (Å²) in [6.07, 6.45) is 1.42. The minimum absolute atomic E-state index is 0.219. The number of imide groups is 2. The highest BCUT2D eigenvalue weighted by molar-refractivity contribution is 9.10. The van der Waals surface area contributed by atoms with Crippen LogP contribution in [0.3, 0.4) is 0 Å². The van der Waals surface area contributed by atoms with Crippen molar-refractivity contribution >= 4 is 67.9 Å². The van der Waals surface area contributed by atoms with Crippen LogP contribution >= 0.6 is 27.5 Å². The first kappa shape index (κ1) is 32.8. The third-order valence-electron chi connectivity index (χ3n) is 7.83. The lowest BCUT2D eigenvalue weighted by molar-refractivity contribution is -0.122. The van der Waals surface area contributed by atoms with Crippen molar-refractivity contribution in [2.45, 2.75) is 27.1 Å². The number of urea groups is 1. The molecular formula is C38H30BrClN2O6. The number of benzene rings is 5. The van der Waals surface area contributed by atoms with Gasteiger partial charge in [0.1, 0.15) is 24.5 Å². The van der Waals surface area contributed by atoms with E-state index in [1.165, 1.54) is 6.08 Å². The Balaban J connectivity index is 1.23. The molecule has 10 heteroatoms. The summed E-state index contributed by atoms with van der Waals surface area (Å²) in [6, 6.07) is 28.6. The van der Waals surface area contributed by atoms with Gasteiger partial charge in [0.05, 0.1) is 16.8 Å². The van der Waals surface area contributed by atoms with Crippen LogP contribution in [0.5, 0.6) is 17.2 Å². The van der Waals surface area contributed by atoms with E-state index in [1.54, 1.807) is 42.5 Å². The van der Waals surface area contributed by atoms with Gasteiger partial charge < -0.3 is 14.2 Å². The average Bonchev–Trinajstić information content (AvgIpc) is 3.07. The van der Waals surface area contributed by atoms with Gasteiger partial charge >= 0.3 is 6.03 Å². The molecular weight excluding hydrogens is 696 g/mol. The van der Waals surface area contributed by atoms with Crippen molar-refractivity contribution in [3.63, 3.8) is 0 Å². The summed E-state index contributed by atoms with van der Waals surface area (Å²) in [6.45, 7) is 4.80. The van der Waals surface area contributed by atoms with Gasteiger partial charge in [-0.3, -0.25) is 14.9 Å². The van der Waals surface area contributed by atoms with Gasteiger partial charge in [-0.1, -0.05) is 66.2 Å². The summed E-state index contributed by atoms with van der Waals surface area (Å²) in [5.41, 5.74) is 3.52. The van der Waals surface area contributed by atoms with Crippen molar-refractivity contribution in [1.82, 2.24) is 5.32 Å². The second kappa shape index (κ2) is 14.3. The number of hydrogen-bond acceptors (Lipinski definition) is 6. The minimum atomic E-state index is -0.851. The number of fused-ring (bicyclic) bond motifs is 1. The zero-order valence-corrected chi connectivity index (χ0v) is 28.4. The zero-order chi connectivity index (χ0) is 33.8. The summed E-state index contributed by atoms with van der Waals surface area (Å²) in [5, 5.41) is 5.08. The molecule has 0 bridgehead atoms. The van der Waals surface area contributed by atoms with Crippen LogP contribution in [0.15, 0.2) is 107 Å². The number of nitrogens with one attached hydrogen (secondary N) is 1. The summed E-state index contributed by atoms with van der Waals surface area (Å²) in [5.74, 6) is -0.141. The molecule has 6 rings (SSSR count). The van der Waals surface area contributed by atoms with Crippen LogP contribution in [0.2, 0.25) is 5.02 Å². The fourth-order valence-corrected chi connectivity index (χ4v) is 6.15. The summed E-state index contributed by atoms with van der Waals surface area (Å²) < 4.78 is 18.6. The second-order valence-electron chi connectivity index (χ2n) is 11.0. The molecule has 48 heavy (non-hydrogen) atoms. The molecule has 1 aliphatic rings. The predicted octanol–water partition coefficient (Wildman–Crippen LogP) is 8.79. The van der Waals surface area contributed by atoms with Gasteiger partial charge in [-0.2, -0.15) is 0 Å². The Bertz CT molecular complexity index is 2080. The molecule has 242 valence electrons. The van der Waals surface area contributed by atoms with Crippen molar-refractivity contribution in [1.29, 1.82) is 0 Å². The van der Waals surface area contributed by atoms with Gasteiger partial charge in [0.2, 0.25) is 0 Å². The SMILES string of the molecule is CCOc1cc(/C=C2\C(=O)NC(=O)N(c3ccc(OCc4ccccc4Cl)cc3)C2=O)cc(Br)c1OCc1c(C)ccc2ccccc12. The minimum Gasteiger partial charge on any atom is -0.490 e. The zero-order valence-electron chi connectivity index (χ0n) is 26.1. The fourth-order valence-electron chi connectivity index (χ4n) is 5.38. The Morgan fingerprint density at radius 1 is 0.854 bits per heavy atom. The lowest BCUT2D eigenvalue weighted by Gasteiger charge is -2.26. The topological polar surface area (TPSA) is 94.2 Å². The molecule has 1 heterocycles. The molecule has 4 amide bonds. The standard InChI is InChI=1S/C38H30BrClN2O6/c1-3-46-34-20-24(19-32(39)35(34)48-22-31-23(2)12-13-25-8-4-6-10-29(25)31)18-30-36(43)41-38(45)42(37(30)44)27-14-16-28(17-15-27)47-21-26-9-5-7-11-33(26)40/h4-20H,3,21-22H2,1-2H3,(H,41,43,45)/b30-18+. The summed E-state index contributed by atoms with van der Waals surface area (Å²) in [4.78, 5) is 40.3. The molecule has 0 radical (unpaired) electrons. The summed E-state index contributed by atoms with van der Waals surface area (Å²) >= 11 is 9.81. The number of carbonyl (C=O) groups excluding carboxylic acids is 3. The predicted molar refractivity (Wildman–Crippen MR) is 190 cm³/mol. The van der Waals surface area contributed by atoms with E-state index in [0.717, 1.165) is 32.4 Å². The first-order valence-electron chi connectivity index (χ1n) is 15.2. The number of barbiturate groups is 1. The lowest BCUT2D eigenvalue weighted by Crippen LogP contribution is -2.54. The number of nitrogens with zero attached hydrogens (tertiary/aromatic N) is 1. The van der Waals surface area contributed by atoms with Gasteiger partial charge in [0.25, 0.3) is 11.8 Å². The molecule has 1 saturated heterocycles. The smallest absolute Gasteiger partial charge is 0.335 e. The fraction of sp³-hybridized carbons (Fsp3) is 0.132. The first-order chi connectivity index (χ1) is 23.2. The second-order valence-corrected chi connectivity index (χ2v) is 12.2. The molecule has 5 aromatic rings. The lowest BCUT2D eigenvalue weighted by atomic mass is 10.0. The van der Waals surface area contributed by atoms with Gasteiger partial charge in [0, 0.05) is 16.1 Å². The number of carbonyl (C=O) groups is 3. The van der Waals surface area contributed by atoms with E-state index in [0.29, 0.717) is 45.5 Å². The number of amides is 4. The van der Waals surface area contributed by atoms with Gasteiger partial charge in [0.15, 0.2) is 11.5 Å². The molecule has 0 spiro atoms. The van der Waals surface area contributed by atoms with E-state index < -0.39 is 17.8 Å². The van der Waals surface area contributed by atoms with E-state index in [9.17, 15) is 14.4 Å². The van der Waals surface area contributed by atoms with Crippen LogP contribution in [-0.2, 0) is 22.8 Å². The van der Waals surface area contributed by atoms with Crippen molar-refractivity contribution < 1.29 is 28.6 Å². The van der Waals surface area contributed by atoms with E-state index in [4.69, 9.17) is 25.8 Å². The largest absolute Gasteiger partial charge is 0.490 e. The number of ether oxygens (including phenoxy) is 3. The van der Waals surface area contributed by atoms with E-state index in [1.807, 2.05) is 44.2 Å².